The van der Waals surface area contributed by atoms with Crippen LogP contribution in [0.3, 0.4) is 0 Å². The van der Waals surface area contributed by atoms with Gasteiger partial charge in [0.1, 0.15) is 17.8 Å². The van der Waals surface area contributed by atoms with Crippen LogP contribution in [0.2, 0.25) is 0 Å². The van der Waals surface area contributed by atoms with Crippen molar-refractivity contribution in [3.05, 3.63) is 35.9 Å². The van der Waals surface area contributed by atoms with E-state index in [1.165, 1.54) is 0 Å². The molecule has 0 bridgehead atoms. The molecule has 1 N–H and O–H groups in total. The van der Waals surface area contributed by atoms with Crippen LogP contribution in [0.5, 0.6) is 0 Å². The summed E-state index contributed by atoms with van der Waals surface area (Å²) in [4.78, 5) is 0. The summed E-state index contributed by atoms with van der Waals surface area (Å²) in [7, 11) is 0. The number of ether oxygens (including phenoxy) is 4. The van der Waals surface area contributed by atoms with Crippen molar-refractivity contribution in [2.75, 3.05) is 4.43 Å². The summed E-state index contributed by atoms with van der Waals surface area (Å²) in [5.74, 6) is -0.709. The maximum Gasteiger partial charge on any atom is 0.190 e. The molecule has 23 heavy (non-hydrogen) atoms. The molecule has 5 nitrogen and oxygen atoms in total. The first-order valence-corrected chi connectivity index (χ1v) is 9.33. The number of rotatable bonds is 5. The molecule has 1 aromatic carbocycles. The summed E-state index contributed by atoms with van der Waals surface area (Å²) in [5.41, 5.74) is 0.239. The summed E-state index contributed by atoms with van der Waals surface area (Å²) in [6, 6.07) is 9.95. The average Bonchev–Trinajstić information content (AvgIpc) is 2.95. The molecular formula is C17H23IO5. The van der Waals surface area contributed by atoms with E-state index in [2.05, 4.69) is 22.6 Å². The molecule has 0 saturated carbocycles. The Bertz CT molecular complexity index is 535. The predicted molar refractivity (Wildman–Crippen MR) is 93.2 cm³/mol. The highest BCUT2D eigenvalue weighted by Crippen LogP contribution is 2.46. The molecule has 2 aliphatic heterocycles. The van der Waals surface area contributed by atoms with Crippen LogP contribution in [0.15, 0.2) is 30.3 Å². The topological polar surface area (TPSA) is 57.2 Å². The van der Waals surface area contributed by atoms with Gasteiger partial charge in [-0.25, -0.2) is 0 Å². The van der Waals surface area contributed by atoms with Crippen LogP contribution in [-0.4, -0.2) is 45.5 Å². The fourth-order valence-corrected chi connectivity index (χ4v) is 4.42. The van der Waals surface area contributed by atoms with Crippen molar-refractivity contribution in [2.45, 2.75) is 63.4 Å². The van der Waals surface area contributed by atoms with Gasteiger partial charge in [0.15, 0.2) is 12.1 Å². The van der Waals surface area contributed by atoms with E-state index in [9.17, 15) is 5.11 Å². The second-order valence-electron chi connectivity index (χ2n) is 6.57. The number of aliphatic hydroxyl groups is 1. The molecule has 1 aromatic rings. The lowest BCUT2D eigenvalue weighted by Gasteiger charge is -2.37. The molecule has 128 valence electrons. The quantitative estimate of drug-likeness (QED) is 0.571. The predicted octanol–water partition coefficient (Wildman–Crippen LogP) is 2.63. The first-order chi connectivity index (χ1) is 10.9. The smallest absolute Gasteiger partial charge is 0.190 e. The molecule has 2 heterocycles. The summed E-state index contributed by atoms with van der Waals surface area (Å²) < 4.78 is 24.7. The SMILES string of the molecule is C[C@@H](O)[C@@]1(CI)O[C@@H]2OC(C)(C)O[C@@H]2[C@H]1OCc1ccccc1. The number of aliphatic hydroxyl groups excluding tert-OH is 1. The van der Waals surface area contributed by atoms with Crippen LogP contribution in [0, 0.1) is 0 Å². The zero-order valence-electron chi connectivity index (χ0n) is 13.6. The Kier molecular flexibility index (Phi) is 5.02. The second-order valence-corrected chi connectivity index (χ2v) is 7.33. The van der Waals surface area contributed by atoms with Crippen LogP contribution in [0.1, 0.15) is 26.3 Å². The Morgan fingerprint density at radius 1 is 1.22 bits per heavy atom. The van der Waals surface area contributed by atoms with Gasteiger partial charge in [0.05, 0.1) is 12.7 Å². The number of hydrogen-bond acceptors (Lipinski definition) is 5. The van der Waals surface area contributed by atoms with Gasteiger partial charge in [-0.3, -0.25) is 0 Å². The van der Waals surface area contributed by atoms with Gasteiger partial charge in [-0.15, -0.1) is 0 Å². The van der Waals surface area contributed by atoms with E-state index in [1.54, 1.807) is 6.92 Å². The number of halogens is 1. The highest BCUT2D eigenvalue weighted by Gasteiger charge is 2.63. The maximum absolute atomic E-state index is 10.3. The van der Waals surface area contributed by atoms with E-state index >= 15 is 0 Å². The maximum atomic E-state index is 10.3. The molecule has 2 fully saturated rings. The van der Waals surface area contributed by atoms with E-state index in [4.69, 9.17) is 18.9 Å². The lowest BCUT2D eigenvalue weighted by Crippen LogP contribution is -2.55. The first-order valence-electron chi connectivity index (χ1n) is 7.81. The van der Waals surface area contributed by atoms with E-state index < -0.39 is 29.9 Å². The number of fused-ring (bicyclic) bond motifs is 1. The summed E-state index contributed by atoms with van der Waals surface area (Å²) >= 11 is 2.22. The minimum Gasteiger partial charge on any atom is -0.390 e. The lowest BCUT2D eigenvalue weighted by molar-refractivity contribution is -0.255. The molecule has 2 aliphatic rings. The average molecular weight is 434 g/mol. The molecule has 0 radical (unpaired) electrons. The van der Waals surface area contributed by atoms with E-state index in [1.807, 2.05) is 44.2 Å². The van der Waals surface area contributed by atoms with E-state index in [-0.39, 0.29) is 6.10 Å². The van der Waals surface area contributed by atoms with Gasteiger partial charge in [-0.2, -0.15) is 0 Å². The Morgan fingerprint density at radius 2 is 1.91 bits per heavy atom. The summed E-state index contributed by atoms with van der Waals surface area (Å²) in [5, 5.41) is 10.3. The molecule has 2 saturated heterocycles. The molecule has 0 spiro atoms. The van der Waals surface area contributed by atoms with Crippen molar-refractivity contribution < 1.29 is 24.1 Å². The third kappa shape index (κ3) is 3.29. The molecule has 0 aliphatic carbocycles. The Labute approximate surface area is 150 Å². The van der Waals surface area contributed by atoms with Gasteiger partial charge in [0.2, 0.25) is 0 Å². The van der Waals surface area contributed by atoms with Crippen molar-refractivity contribution in [2.24, 2.45) is 0 Å². The Morgan fingerprint density at radius 3 is 2.52 bits per heavy atom. The number of alkyl halides is 1. The Hall–Kier alpha value is -0.250. The van der Waals surface area contributed by atoms with Crippen LogP contribution in [0.25, 0.3) is 0 Å². The molecule has 5 atom stereocenters. The van der Waals surface area contributed by atoms with Crippen molar-refractivity contribution in [3.8, 4) is 0 Å². The van der Waals surface area contributed by atoms with E-state index in [0.717, 1.165) is 5.56 Å². The van der Waals surface area contributed by atoms with Gasteiger partial charge >= 0.3 is 0 Å². The van der Waals surface area contributed by atoms with Gasteiger partial charge < -0.3 is 24.1 Å². The molecule has 3 rings (SSSR count). The third-order valence-corrected chi connectivity index (χ3v) is 5.58. The van der Waals surface area contributed by atoms with Crippen LogP contribution < -0.4 is 0 Å². The minimum atomic E-state index is -0.832. The van der Waals surface area contributed by atoms with E-state index in [0.29, 0.717) is 11.0 Å². The summed E-state index contributed by atoms with van der Waals surface area (Å²) in [6.07, 6.45) is -1.96. The van der Waals surface area contributed by atoms with Crippen molar-refractivity contribution >= 4 is 22.6 Å². The van der Waals surface area contributed by atoms with Crippen LogP contribution in [-0.2, 0) is 25.6 Å². The minimum absolute atomic E-state index is 0.349. The number of benzene rings is 1. The molecular weight excluding hydrogens is 411 g/mol. The Balaban J connectivity index is 1.82. The molecule has 0 unspecified atom stereocenters. The zero-order valence-corrected chi connectivity index (χ0v) is 15.7. The molecule has 0 amide bonds. The van der Waals surface area contributed by atoms with Crippen molar-refractivity contribution in [3.63, 3.8) is 0 Å². The monoisotopic (exact) mass is 434 g/mol. The lowest BCUT2D eigenvalue weighted by atomic mass is 9.92. The molecule has 6 heteroatoms. The van der Waals surface area contributed by atoms with Gasteiger partial charge in [0, 0.05) is 4.43 Å². The van der Waals surface area contributed by atoms with Crippen LogP contribution in [0.4, 0.5) is 0 Å². The highest BCUT2D eigenvalue weighted by molar-refractivity contribution is 14.1. The normalized spacial score (nSPS) is 36.8. The van der Waals surface area contributed by atoms with Gasteiger partial charge in [-0.05, 0) is 26.3 Å². The van der Waals surface area contributed by atoms with Crippen LogP contribution >= 0.6 is 22.6 Å². The first kappa shape index (κ1) is 17.6. The number of hydrogen-bond donors (Lipinski definition) is 1. The fourth-order valence-electron chi connectivity index (χ4n) is 3.17. The zero-order chi connectivity index (χ0) is 16.7. The van der Waals surface area contributed by atoms with Crippen molar-refractivity contribution in [1.82, 2.24) is 0 Å². The second kappa shape index (κ2) is 6.57. The van der Waals surface area contributed by atoms with Crippen molar-refractivity contribution in [1.29, 1.82) is 0 Å². The highest BCUT2D eigenvalue weighted by atomic mass is 127. The molecule has 0 aromatic heterocycles. The third-order valence-electron chi connectivity index (χ3n) is 4.39. The largest absolute Gasteiger partial charge is 0.390 e. The summed E-state index contributed by atoms with van der Waals surface area (Å²) in [6.45, 7) is 5.88. The van der Waals surface area contributed by atoms with Gasteiger partial charge in [-0.1, -0.05) is 52.9 Å². The van der Waals surface area contributed by atoms with Gasteiger partial charge in [0.25, 0.3) is 0 Å². The standard InChI is InChI=1S/C17H23IO5/c1-11(19)17(10-18)14(20-9-12-7-5-4-6-8-12)13-15(23-17)22-16(2,3)21-13/h4-8,11,13-15,19H,9-10H2,1-3H3/t11-,13-,14-,15+,17-/m1/s1. The fraction of sp³-hybridized carbons (Fsp3) is 0.647.